The number of anilines is 2. The van der Waals surface area contributed by atoms with E-state index in [1.165, 1.54) is 6.07 Å². The Labute approximate surface area is 240 Å². The van der Waals surface area contributed by atoms with Crippen LogP contribution in [0.2, 0.25) is 0 Å². The van der Waals surface area contributed by atoms with Gasteiger partial charge in [-0.15, -0.1) is 0 Å². The zero-order valence-electron chi connectivity index (χ0n) is 23.1. The molecule has 0 unspecified atom stereocenters. The van der Waals surface area contributed by atoms with Crippen molar-refractivity contribution >= 4 is 38.2 Å². The van der Waals surface area contributed by atoms with Crippen molar-refractivity contribution in [3.8, 4) is 17.6 Å². The molecular formula is C28H30F4N4O5S. The van der Waals surface area contributed by atoms with Crippen LogP contribution in [-0.4, -0.2) is 81.4 Å². The number of carbonyl (C=O) groups is 1. The van der Waals surface area contributed by atoms with Gasteiger partial charge in [-0.1, -0.05) is 12.0 Å². The van der Waals surface area contributed by atoms with Crippen molar-refractivity contribution in [1.82, 2.24) is 9.47 Å². The summed E-state index contributed by atoms with van der Waals surface area (Å²) in [6.07, 6.45) is -3.59. The highest BCUT2D eigenvalue weighted by molar-refractivity contribution is 7.90. The predicted octanol–water partition coefficient (Wildman–Crippen LogP) is 4.80. The lowest BCUT2D eigenvalue weighted by molar-refractivity contribution is -0.140. The Hall–Kier alpha value is -3.96. The van der Waals surface area contributed by atoms with Crippen molar-refractivity contribution in [2.45, 2.75) is 36.5 Å². The zero-order chi connectivity index (χ0) is 30.8. The van der Waals surface area contributed by atoms with Crippen LogP contribution in [0, 0.1) is 17.7 Å². The second kappa shape index (κ2) is 12.1. The molecule has 2 aromatic carbocycles. The topological polar surface area (TPSA) is 104 Å². The van der Waals surface area contributed by atoms with E-state index in [4.69, 9.17) is 4.74 Å². The first-order valence-corrected chi connectivity index (χ1v) is 14.8. The summed E-state index contributed by atoms with van der Waals surface area (Å²) < 4.78 is 85.6. The van der Waals surface area contributed by atoms with Crippen LogP contribution < -0.4 is 15.0 Å². The number of carboxylic acid groups (broad SMARTS) is 1. The molecule has 1 aliphatic heterocycles. The number of benzene rings is 2. The van der Waals surface area contributed by atoms with Gasteiger partial charge in [0.05, 0.1) is 29.8 Å². The van der Waals surface area contributed by atoms with Gasteiger partial charge in [0.15, 0.2) is 15.7 Å². The molecule has 4 rings (SSSR count). The quantitative estimate of drug-likeness (QED) is 0.293. The summed E-state index contributed by atoms with van der Waals surface area (Å²) in [5, 5.41) is 13.8. The lowest BCUT2D eigenvalue weighted by Gasteiger charge is -2.30. The smallest absolute Gasteiger partial charge is 0.412 e. The van der Waals surface area contributed by atoms with Gasteiger partial charge in [0, 0.05) is 29.4 Å². The molecule has 0 spiro atoms. The normalized spacial score (nSPS) is 14.8. The summed E-state index contributed by atoms with van der Waals surface area (Å²) >= 11 is 0. The molecule has 1 fully saturated rings. The highest BCUT2D eigenvalue weighted by Crippen LogP contribution is 2.35. The van der Waals surface area contributed by atoms with Crippen LogP contribution in [0.15, 0.2) is 41.3 Å². The van der Waals surface area contributed by atoms with E-state index in [-0.39, 0.29) is 17.5 Å². The molecule has 0 saturated carbocycles. The number of likely N-dealkylation sites (tertiary alicyclic amines) is 1. The van der Waals surface area contributed by atoms with Gasteiger partial charge in [-0.3, -0.25) is 4.90 Å². The minimum atomic E-state index is -4.56. The van der Waals surface area contributed by atoms with Crippen molar-refractivity contribution in [3.63, 3.8) is 0 Å². The van der Waals surface area contributed by atoms with Gasteiger partial charge in [0.1, 0.15) is 18.0 Å². The Morgan fingerprint density at radius 1 is 1.21 bits per heavy atom. The van der Waals surface area contributed by atoms with Gasteiger partial charge in [0.25, 0.3) is 0 Å². The molecule has 0 radical (unpaired) electrons. The number of rotatable bonds is 7. The number of hydrogen-bond donors (Lipinski definition) is 2. The molecule has 0 atom stereocenters. The van der Waals surface area contributed by atoms with Gasteiger partial charge in [-0.05, 0) is 63.2 Å². The number of alkyl halides is 3. The molecule has 1 amide bonds. The summed E-state index contributed by atoms with van der Waals surface area (Å²) in [5.74, 6) is 3.61. The maximum absolute atomic E-state index is 15.0. The molecule has 0 bridgehead atoms. The number of amides is 1. The number of methoxy groups -OCH3 is 1. The van der Waals surface area contributed by atoms with E-state index < -0.39 is 51.6 Å². The van der Waals surface area contributed by atoms with E-state index >= 15 is 4.39 Å². The van der Waals surface area contributed by atoms with Crippen LogP contribution in [0.3, 0.4) is 0 Å². The van der Waals surface area contributed by atoms with Gasteiger partial charge in [0.2, 0.25) is 0 Å². The van der Waals surface area contributed by atoms with Crippen LogP contribution in [0.5, 0.6) is 5.75 Å². The molecule has 14 heteroatoms. The number of halogens is 4. The molecule has 1 aliphatic rings. The van der Waals surface area contributed by atoms with Gasteiger partial charge >= 0.3 is 12.3 Å². The fourth-order valence-corrected chi connectivity index (χ4v) is 5.51. The molecule has 42 heavy (non-hydrogen) atoms. The number of hydrogen-bond acceptors (Lipinski definition) is 6. The molecule has 9 nitrogen and oxygen atoms in total. The second-order valence-corrected chi connectivity index (χ2v) is 12.1. The van der Waals surface area contributed by atoms with Crippen molar-refractivity contribution in [3.05, 3.63) is 47.9 Å². The van der Waals surface area contributed by atoms with Crippen molar-refractivity contribution in [1.29, 1.82) is 0 Å². The summed E-state index contributed by atoms with van der Waals surface area (Å²) in [6.45, 7) is -0.185. The molecule has 2 heterocycles. The number of aromatic nitrogens is 1. The Morgan fingerprint density at radius 3 is 2.50 bits per heavy atom. The molecule has 226 valence electrons. The van der Waals surface area contributed by atoms with Crippen LogP contribution in [0.25, 0.3) is 10.9 Å². The number of sulfone groups is 1. The fourth-order valence-electron chi connectivity index (χ4n) is 4.87. The van der Waals surface area contributed by atoms with E-state index in [9.17, 15) is 31.5 Å². The second-order valence-electron chi connectivity index (χ2n) is 10.1. The van der Waals surface area contributed by atoms with E-state index in [1.54, 1.807) is 18.2 Å². The van der Waals surface area contributed by atoms with E-state index in [2.05, 4.69) is 22.1 Å². The third kappa shape index (κ3) is 7.08. The largest absolute Gasteiger partial charge is 0.494 e. The van der Waals surface area contributed by atoms with Crippen LogP contribution in [-0.2, 0) is 16.4 Å². The SMILES string of the molecule is COc1cc(S(C)(=O)=O)cc(F)c1N(CC#Cc1cc2c(NC3CCN(C)CC3)cccc2n1CC(F)(F)F)C(=O)O. The summed E-state index contributed by atoms with van der Waals surface area (Å²) in [4.78, 5) is 14.3. The fraction of sp³-hybridized carbons (Fsp3) is 0.393. The number of nitrogens with one attached hydrogen (secondary N) is 1. The van der Waals surface area contributed by atoms with Gasteiger partial charge < -0.3 is 24.6 Å². The Bertz CT molecular complexity index is 1650. The monoisotopic (exact) mass is 610 g/mol. The summed E-state index contributed by atoms with van der Waals surface area (Å²) in [7, 11) is -0.696. The number of piperidine rings is 1. The lowest BCUT2D eigenvalue weighted by Crippen LogP contribution is -2.36. The van der Waals surface area contributed by atoms with Crippen LogP contribution in [0.4, 0.5) is 33.7 Å². The van der Waals surface area contributed by atoms with Crippen molar-refractivity contribution in [2.75, 3.05) is 50.3 Å². The van der Waals surface area contributed by atoms with Crippen LogP contribution in [0.1, 0.15) is 18.5 Å². The van der Waals surface area contributed by atoms with Crippen LogP contribution >= 0.6 is 0 Å². The number of fused-ring (bicyclic) bond motifs is 1. The van der Waals surface area contributed by atoms with E-state index in [0.717, 1.165) is 49.9 Å². The lowest BCUT2D eigenvalue weighted by atomic mass is 10.0. The minimum Gasteiger partial charge on any atom is -0.494 e. The maximum Gasteiger partial charge on any atom is 0.412 e. The van der Waals surface area contributed by atoms with Crippen molar-refractivity contribution < 1.29 is 40.6 Å². The molecular weight excluding hydrogens is 580 g/mol. The Morgan fingerprint density at radius 2 is 1.90 bits per heavy atom. The highest BCUT2D eigenvalue weighted by atomic mass is 32.2. The third-order valence-electron chi connectivity index (χ3n) is 6.97. The van der Waals surface area contributed by atoms with Gasteiger partial charge in [-0.25, -0.2) is 17.6 Å². The first kappa shape index (κ1) is 31.0. The minimum absolute atomic E-state index is 0.00912. The molecule has 1 saturated heterocycles. The zero-order valence-corrected chi connectivity index (χ0v) is 23.9. The molecule has 1 aromatic heterocycles. The number of ether oxygens (including phenoxy) is 1. The Kier molecular flexibility index (Phi) is 8.93. The average Bonchev–Trinajstić information content (AvgIpc) is 3.23. The first-order valence-electron chi connectivity index (χ1n) is 12.9. The standard InChI is InChI=1S/C28H30F4N4O5S/c1-34-12-9-18(10-13-34)33-23-7-4-8-24-21(23)14-19(36(24)17-28(30,31)32)6-5-11-35(27(37)38)26-22(29)15-20(42(3,39)40)16-25(26)41-2/h4,7-8,14-16,18,33H,9-13,17H2,1-3H3,(H,37,38). The van der Waals surface area contributed by atoms with E-state index in [0.29, 0.717) is 27.6 Å². The maximum atomic E-state index is 15.0. The third-order valence-corrected chi connectivity index (χ3v) is 8.06. The molecule has 2 N–H and O–H groups in total. The summed E-state index contributed by atoms with van der Waals surface area (Å²) in [6, 6.07) is 8.31. The van der Waals surface area contributed by atoms with Gasteiger partial charge in [-0.2, -0.15) is 13.2 Å². The molecule has 0 aliphatic carbocycles. The Balaban J connectivity index is 1.72. The van der Waals surface area contributed by atoms with Crippen molar-refractivity contribution in [2.24, 2.45) is 0 Å². The van der Waals surface area contributed by atoms with E-state index in [1.807, 2.05) is 7.05 Å². The first-order chi connectivity index (χ1) is 19.7. The molecule has 3 aromatic rings. The predicted molar refractivity (Wildman–Crippen MR) is 150 cm³/mol. The number of nitrogens with zero attached hydrogens (tertiary/aromatic N) is 3. The highest BCUT2D eigenvalue weighted by Gasteiger charge is 2.30. The summed E-state index contributed by atoms with van der Waals surface area (Å²) in [5.41, 5.74) is 0.377. The average molecular weight is 611 g/mol.